The first-order valence-electron chi connectivity index (χ1n) is 14.2. The van der Waals surface area contributed by atoms with Crippen LogP contribution < -0.4 is 27.0 Å². The fourth-order valence-corrected chi connectivity index (χ4v) is 4.12. The molecule has 16 heteroatoms. The summed E-state index contributed by atoms with van der Waals surface area (Å²) in [5.74, 6) is -3.23. The van der Waals surface area contributed by atoms with Crippen molar-refractivity contribution in [1.29, 1.82) is 5.41 Å². The summed E-state index contributed by atoms with van der Waals surface area (Å²) in [5, 5.41) is 26.2. The molecule has 0 saturated heterocycles. The second-order valence-corrected chi connectivity index (χ2v) is 10.3. The Balaban J connectivity index is 0.000000838. The number of nitrogens with one attached hydrogen (secondary N) is 5. The summed E-state index contributed by atoms with van der Waals surface area (Å²) in [7, 11) is 0. The SMILES string of the molecule is CC(Nc1ccccc1NC(=O)Nc1ccc(C(=N)N)cc1)c1ccc(C(=O)NCc2cccc(C(F)(F)F)c2)cc1.O=C(O)C(F)(F)F. The Labute approximate surface area is 275 Å². The van der Waals surface area contributed by atoms with E-state index >= 15 is 0 Å². The molecule has 0 spiro atoms. The van der Waals surface area contributed by atoms with Crippen LogP contribution in [0.25, 0.3) is 0 Å². The summed E-state index contributed by atoms with van der Waals surface area (Å²) in [5.41, 5.74) is 8.59. The number of nitrogens with two attached hydrogens (primary N) is 1. The Morgan fingerprint density at radius 2 is 1.37 bits per heavy atom. The number of amides is 3. The van der Waals surface area contributed by atoms with Crippen molar-refractivity contribution in [3.63, 3.8) is 0 Å². The Morgan fingerprint density at radius 3 is 1.92 bits per heavy atom. The van der Waals surface area contributed by atoms with Gasteiger partial charge in [0, 0.05) is 29.4 Å². The van der Waals surface area contributed by atoms with Crippen molar-refractivity contribution in [2.75, 3.05) is 16.0 Å². The van der Waals surface area contributed by atoms with Crippen molar-refractivity contribution in [3.8, 4) is 0 Å². The number of carboxylic acid groups (broad SMARTS) is 1. The molecule has 0 saturated carbocycles. The number of para-hydroxylation sites is 2. The lowest BCUT2D eigenvalue weighted by Gasteiger charge is -2.19. The molecule has 0 fully saturated rings. The quantitative estimate of drug-likeness (QED) is 0.0550. The first-order chi connectivity index (χ1) is 22.9. The predicted molar refractivity (Wildman–Crippen MR) is 171 cm³/mol. The number of amidine groups is 1. The monoisotopic (exact) mass is 688 g/mol. The molecule has 1 unspecified atom stereocenters. The predicted octanol–water partition coefficient (Wildman–Crippen LogP) is 7.37. The molecule has 3 amide bonds. The van der Waals surface area contributed by atoms with Gasteiger partial charge in [-0.1, -0.05) is 36.4 Å². The van der Waals surface area contributed by atoms with Crippen LogP contribution in [0.15, 0.2) is 97.1 Å². The van der Waals surface area contributed by atoms with Gasteiger partial charge in [0.15, 0.2) is 0 Å². The van der Waals surface area contributed by atoms with Gasteiger partial charge in [0.05, 0.1) is 16.9 Å². The summed E-state index contributed by atoms with van der Waals surface area (Å²) >= 11 is 0. The van der Waals surface area contributed by atoms with Crippen LogP contribution in [0.2, 0.25) is 0 Å². The van der Waals surface area contributed by atoms with E-state index in [0.29, 0.717) is 33.8 Å². The summed E-state index contributed by atoms with van der Waals surface area (Å²) < 4.78 is 70.6. The summed E-state index contributed by atoms with van der Waals surface area (Å²) in [6, 6.07) is 24.8. The highest BCUT2D eigenvalue weighted by atomic mass is 19.4. The molecule has 258 valence electrons. The van der Waals surface area contributed by atoms with Crippen LogP contribution in [0, 0.1) is 5.41 Å². The molecule has 4 aromatic carbocycles. The van der Waals surface area contributed by atoms with Crippen molar-refractivity contribution in [2.45, 2.75) is 31.9 Å². The van der Waals surface area contributed by atoms with E-state index in [2.05, 4.69) is 21.3 Å². The Bertz CT molecular complexity index is 1780. The second kappa shape index (κ2) is 16.2. The zero-order chi connectivity index (χ0) is 36.4. The van der Waals surface area contributed by atoms with Crippen LogP contribution in [-0.2, 0) is 17.5 Å². The minimum atomic E-state index is -5.08. The first kappa shape index (κ1) is 37.4. The summed E-state index contributed by atoms with van der Waals surface area (Å²) in [4.78, 5) is 34.1. The number of hydrogen-bond donors (Lipinski definition) is 7. The highest BCUT2D eigenvalue weighted by Gasteiger charge is 2.38. The van der Waals surface area contributed by atoms with Crippen molar-refractivity contribution in [3.05, 3.63) is 125 Å². The molecule has 4 rings (SSSR count). The smallest absolute Gasteiger partial charge is 0.475 e. The number of rotatable bonds is 9. The number of hydrogen-bond acceptors (Lipinski definition) is 5. The fraction of sp³-hybridized carbons (Fsp3) is 0.152. The Kier molecular flexibility index (Phi) is 12.3. The number of carboxylic acids is 1. The maximum Gasteiger partial charge on any atom is 0.490 e. The van der Waals surface area contributed by atoms with Gasteiger partial charge in [-0.3, -0.25) is 10.2 Å². The minimum Gasteiger partial charge on any atom is -0.475 e. The zero-order valence-corrected chi connectivity index (χ0v) is 25.5. The van der Waals surface area contributed by atoms with E-state index in [1.807, 2.05) is 19.1 Å². The molecule has 0 radical (unpaired) electrons. The van der Waals surface area contributed by atoms with Crippen LogP contribution >= 0.6 is 0 Å². The van der Waals surface area contributed by atoms with Gasteiger partial charge in [-0.05, 0) is 78.7 Å². The number of carbonyl (C=O) groups excluding carboxylic acids is 2. The van der Waals surface area contributed by atoms with Crippen molar-refractivity contribution >= 4 is 40.8 Å². The van der Waals surface area contributed by atoms with Gasteiger partial charge in [0.1, 0.15) is 5.84 Å². The molecule has 0 heterocycles. The number of carbonyl (C=O) groups is 3. The third-order valence-corrected chi connectivity index (χ3v) is 6.62. The molecule has 0 aliphatic heterocycles. The second-order valence-electron chi connectivity index (χ2n) is 10.3. The molecule has 0 aliphatic rings. The van der Waals surface area contributed by atoms with Crippen LogP contribution in [0.5, 0.6) is 0 Å². The van der Waals surface area contributed by atoms with Crippen molar-refractivity contribution < 1.29 is 45.8 Å². The van der Waals surface area contributed by atoms with Gasteiger partial charge < -0.3 is 32.1 Å². The van der Waals surface area contributed by atoms with E-state index in [0.717, 1.165) is 17.7 Å². The average Bonchev–Trinajstić information content (AvgIpc) is 3.04. The molecule has 0 bridgehead atoms. The highest BCUT2D eigenvalue weighted by Crippen LogP contribution is 2.30. The largest absolute Gasteiger partial charge is 0.490 e. The topological polar surface area (TPSA) is 169 Å². The summed E-state index contributed by atoms with van der Waals surface area (Å²) in [6.45, 7) is 1.89. The maximum atomic E-state index is 12.9. The van der Waals surface area contributed by atoms with E-state index in [4.69, 9.17) is 21.0 Å². The number of halogens is 6. The van der Waals surface area contributed by atoms with Crippen molar-refractivity contribution in [2.24, 2.45) is 5.73 Å². The van der Waals surface area contributed by atoms with Gasteiger partial charge in [-0.15, -0.1) is 0 Å². The zero-order valence-electron chi connectivity index (χ0n) is 25.5. The number of aliphatic carboxylic acids is 1. The molecule has 0 aliphatic carbocycles. The molecule has 49 heavy (non-hydrogen) atoms. The van der Waals surface area contributed by atoms with Gasteiger partial charge in [-0.25, -0.2) is 9.59 Å². The molecule has 0 aromatic heterocycles. The van der Waals surface area contributed by atoms with E-state index in [9.17, 15) is 35.9 Å². The number of benzene rings is 4. The van der Waals surface area contributed by atoms with Crippen LogP contribution in [0.3, 0.4) is 0 Å². The molecule has 1 atom stereocenters. The van der Waals surface area contributed by atoms with Gasteiger partial charge in [0.25, 0.3) is 5.91 Å². The first-order valence-corrected chi connectivity index (χ1v) is 14.2. The van der Waals surface area contributed by atoms with Crippen LogP contribution in [0.4, 0.5) is 48.2 Å². The standard InChI is InChI=1S/C31H29F3N6O2.C2HF3O2/c1-19(21-9-11-23(12-10-21)29(41)37-18-20-5-4-6-24(17-20)31(32,33)34)38-26-7-2-3-8-27(26)40-30(42)39-25-15-13-22(14-16-25)28(35)36;3-2(4,5)1(6)7/h2-17,19,38H,18H2,1H3,(H3,35,36)(H,37,41)(H2,39,40,42);(H,6,7). The van der Waals surface area contributed by atoms with Gasteiger partial charge >= 0.3 is 24.4 Å². The number of anilines is 3. The third kappa shape index (κ3) is 11.6. The van der Waals surface area contributed by atoms with E-state index in [1.165, 1.54) is 12.1 Å². The number of urea groups is 1. The lowest BCUT2D eigenvalue weighted by Crippen LogP contribution is -2.23. The maximum absolute atomic E-state index is 12.9. The van der Waals surface area contributed by atoms with E-state index in [1.54, 1.807) is 60.7 Å². The van der Waals surface area contributed by atoms with Gasteiger partial charge in [0.2, 0.25) is 0 Å². The average molecular weight is 689 g/mol. The molecule has 10 nitrogen and oxygen atoms in total. The summed E-state index contributed by atoms with van der Waals surface area (Å²) in [6.07, 6.45) is -9.53. The lowest BCUT2D eigenvalue weighted by atomic mass is 10.0. The molecular weight excluding hydrogens is 658 g/mol. The van der Waals surface area contributed by atoms with Crippen LogP contribution in [0.1, 0.15) is 45.6 Å². The van der Waals surface area contributed by atoms with E-state index < -0.39 is 35.8 Å². The molecule has 4 aromatic rings. The Morgan fingerprint density at radius 1 is 0.796 bits per heavy atom. The number of alkyl halides is 6. The molecule has 8 N–H and O–H groups in total. The minimum absolute atomic E-state index is 0.0381. The Hall–Kier alpha value is -6.06. The van der Waals surface area contributed by atoms with Crippen LogP contribution in [-0.4, -0.2) is 35.0 Å². The van der Waals surface area contributed by atoms with Crippen molar-refractivity contribution in [1.82, 2.24) is 5.32 Å². The number of nitrogen functional groups attached to an aromatic ring is 1. The normalized spacial score (nSPS) is 11.7. The fourth-order valence-electron chi connectivity index (χ4n) is 4.12. The van der Waals surface area contributed by atoms with Gasteiger partial charge in [-0.2, -0.15) is 26.3 Å². The van der Waals surface area contributed by atoms with E-state index in [-0.39, 0.29) is 18.4 Å². The lowest BCUT2D eigenvalue weighted by molar-refractivity contribution is -0.192. The molecular formula is C33H30F6N6O4. The third-order valence-electron chi connectivity index (χ3n) is 6.62. The highest BCUT2D eigenvalue weighted by molar-refractivity contribution is 6.02.